The number of hydrogen-bond acceptors (Lipinski definition) is 17. The van der Waals surface area contributed by atoms with Crippen molar-refractivity contribution in [2.24, 2.45) is 11.8 Å². The van der Waals surface area contributed by atoms with Gasteiger partial charge >= 0.3 is 15.0 Å². The molecule has 1 aliphatic heterocycles. The van der Waals surface area contributed by atoms with Crippen LogP contribution in [-0.4, -0.2) is 105 Å². The largest absolute Gasteiger partial charge is 0.695 e. The van der Waals surface area contributed by atoms with Gasteiger partial charge in [-0.3, -0.25) is 18.9 Å². The minimum Gasteiger partial charge on any atom is -0.408 e. The predicted octanol–water partition coefficient (Wildman–Crippen LogP) is 4.74. The van der Waals surface area contributed by atoms with Crippen molar-refractivity contribution in [1.29, 1.82) is 5.26 Å². The summed E-state index contributed by atoms with van der Waals surface area (Å²) in [4.78, 5) is 42.8. The lowest BCUT2D eigenvalue weighted by atomic mass is 10.1. The summed E-state index contributed by atoms with van der Waals surface area (Å²) in [7, 11) is -5.53. The van der Waals surface area contributed by atoms with Gasteiger partial charge in [0.05, 0.1) is 38.6 Å². The Balaban J connectivity index is 1.50. The second-order valence-corrected chi connectivity index (χ2v) is 24.1. The summed E-state index contributed by atoms with van der Waals surface area (Å²) in [5.74, 6) is 0.645. The third-order valence-electron chi connectivity index (χ3n) is 10.0. The van der Waals surface area contributed by atoms with Crippen LogP contribution in [0.3, 0.4) is 0 Å². The second-order valence-electron chi connectivity index (χ2n) is 15.7. The van der Waals surface area contributed by atoms with Crippen LogP contribution in [0.25, 0.3) is 11.2 Å². The minimum atomic E-state index is -3.83. The average Bonchev–Trinajstić information content (AvgIpc) is 3.81. The number of anilines is 2. The molecule has 1 aliphatic carbocycles. The highest BCUT2D eigenvalue weighted by atomic mass is 32.5. The summed E-state index contributed by atoms with van der Waals surface area (Å²) in [6, 6.07) is 3.56. The van der Waals surface area contributed by atoms with E-state index in [9.17, 15) is 24.6 Å². The van der Waals surface area contributed by atoms with Crippen molar-refractivity contribution >= 4 is 58.0 Å². The summed E-state index contributed by atoms with van der Waals surface area (Å²) < 4.78 is 51.5. The number of nitrogens with one attached hydrogen (secondary N) is 3. The van der Waals surface area contributed by atoms with E-state index >= 15 is 0 Å². The monoisotopic (exact) mass is 856 g/mol. The molecule has 0 spiro atoms. The molecule has 4 heterocycles. The van der Waals surface area contributed by atoms with Crippen LogP contribution in [0.4, 0.5) is 11.8 Å². The fourth-order valence-corrected chi connectivity index (χ4v) is 10.1. The molecule has 5 rings (SSSR count). The van der Waals surface area contributed by atoms with E-state index in [1.807, 2.05) is 19.9 Å². The molecule has 0 radical (unpaired) electrons. The molecule has 2 fully saturated rings. The molecule has 3 aromatic rings. The standard InChI is InChI=1S/C33H51N9O10P2SSi/c1-20(2)15-36-32-40-29-26(30(44)41-32)38-19-42(29)31-28(27(24(16-43)49-31)52-56(6,7)33(3,4)5)51-54(55,47-12-8-10-34)48-17-21-13-22(14-23(21)50-53(45)46)39-25-9-11-35-18-37-25/h9,11,18-24,27-28,31,43H,8,12-17H2,1-7H3,(H3-,35,36,37,39,40,41,44,45,46)/p+1/t21-,22-,23+,24-,27-,28-,31-,54+/m1/s1. The van der Waals surface area contributed by atoms with Crippen LogP contribution in [-0.2, 0) is 43.6 Å². The van der Waals surface area contributed by atoms with E-state index in [0.717, 1.165) is 0 Å². The van der Waals surface area contributed by atoms with Crippen molar-refractivity contribution in [2.75, 3.05) is 37.0 Å². The van der Waals surface area contributed by atoms with Crippen molar-refractivity contribution in [3.8, 4) is 6.07 Å². The molecular formula is C33H52N9O10P2SSi+. The van der Waals surface area contributed by atoms with Gasteiger partial charge in [-0.05, 0) is 54.8 Å². The Kier molecular flexibility index (Phi) is 14.9. The SMILES string of the molecule is CC(C)CNc1nc2c(ncn2[C@@H]2O[C@H](CO)[C@@H](O[Si](C)(C)C(C)(C)C)[C@H]2O[P@](=S)(OCCC#N)OC[C@H]2C[C@@H](Nc3ccncn3)C[C@@H]2O[P+](=O)O)c(=O)[nH]1. The molecule has 5 N–H and O–H groups in total. The van der Waals surface area contributed by atoms with E-state index in [1.54, 1.807) is 16.8 Å². The highest BCUT2D eigenvalue weighted by Gasteiger charge is 2.54. The summed E-state index contributed by atoms with van der Waals surface area (Å²) in [5, 5.41) is 26.3. The van der Waals surface area contributed by atoms with Crippen molar-refractivity contribution in [1.82, 2.24) is 29.5 Å². The van der Waals surface area contributed by atoms with E-state index < -0.39 is 72.0 Å². The van der Waals surface area contributed by atoms with Crippen LogP contribution < -0.4 is 16.2 Å². The fraction of sp³-hybridized carbons (Fsp3) is 0.697. The summed E-state index contributed by atoms with van der Waals surface area (Å²) in [6.07, 6.45) is 0.518. The molecule has 0 bridgehead atoms. The number of aliphatic hydroxyl groups is 1. The van der Waals surface area contributed by atoms with Gasteiger partial charge < -0.3 is 34.0 Å². The van der Waals surface area contributed by atoms with Gasteiger partial charge in [0, 0.05) is 29.3 Å². The highest BCUT2D eigenvalue weighted by molar-refractivity contribution is 8.07. The second kappa shape index (κ2) is 18.8. The number of ether oxygens (including phenoxy) is 1. The number of H-pyrrole nitrogens is 1. The molecular weight excluding hydrogens is 805 g/mol. The van der Waals surface area contributed by atoms with Gasteiger partial charge in [0.25, 0.3) is 5.56 Å². The van der Waals surface area contributed by atoms with Crippen molar-refractivity contribution < 1.29 is 41.8 Å². The van der Waals surface area contributed by atoms with Crippen molar-refractivity contribution in [3.05, 3.63) is 35.3 Å². The Morgan fingerprint density at radius 2 is 2.02 bits per heavy atom. The first-order valence-electron chi connectivity index (χ1n) is 18.4. The quantitative estimate of drug-likeness (QED) is 0.0620. The van der Waals surface area contributed by atoms with E-state index in [2.05, 4.69) is 69.4 Å². The van der Waals surface area contributed by atoms with Crippen LogP contribution in [0.1, 0.15) is 60.1 Å². The smallest absolute Gasteiger partial charge is 0.408 e. The molecule has 0 aromatic carbocycles. The molecule has 1 saturated heterocycles. The van der Waals surface area contributed by atoms with Crippen LogP contribution in [0.5, 0.6) is 0 Å². The third kappa shape index (κ3) is 11.0. The number of nitriles is 1. The van der Waals surface area contributed by atoms with Crippen molar-refractivity contribution in [2.45, 2.75) is 109 Å². The average molecular weight is 857 g/mol. The maximum absolute atomic E-state index is 13.2. The Morgan fingerprint density at radius 1 is 1.25 bits per heavy atom. The van der Waals surface area contributed by atoms with Gasteiger partial charge in [-0.15, -0.1) is 9.42 Å². The molecule has 23 heteroatoms. The number of aliphatic hydroxyl groups excluding tert-OH is 1. The summed E-state index contributed by atoms with van der Waals surface area (Å²) >= 11 is 6.06. The lowest BCUT2D eigenvalue weighted by molar-refractivity contribution is -0.0502. The summed E-state index contributed by atoms with van der Waals surface area (Å²) in [6.45, 7) is 10.4. The topological polar surface area (TPSA) is 250 Å². The molecule has 308 valence electrons. The number of nitrogens with zero attached hydrogens (tertiary/aromatic N) is 6. The molecule has 1 saturated carbocycles. The number of aromatic amines is 1. The number of hydrogen-bond donors (Lipinski definition) is 5. The lowest BCUT2D eigenvalue weighted by Gasteiger charge is -2.41. The van der Waals surface area contributed by atoms with E-state index in [1.165, 1.54) is 12.7 Å². The van der Waals surface area contributed by atoms with Crippen LogP contribution in [0, 0.1) is 23.2 Å². The molecule has 1 unspecified atom stereocenters. The minimum absolute atomic E-state index is 0.0189. The molecule has 0 amide bonds. The van der Waals surface area contributed by atoms with Crippen LogP contribution in [0.15, 0.2) is 29.7 Å². The Morgan fingerprint density at radius 3 is 2.66 bits per heavy atom. The molecule has 2 aliphatic rings. The van der Waals surface area contributed by atoms with E-state index in [-0.39, 0.29) is 53.7 Å². The van der Waals surface area contributed by atoms with Crippen LogP contribution in [0.2, 0.25) is 18.1 Å². The lowest BCUT2D eigenvalue weighted by Crippen LogP contribution is -2.50. The van der Waals surface area contributed by atoms with Gasteiger partial charge in [-0.2, -0.15) is 10.2 Å². The first kappa shape index (κ1) is 44.3. The van der Waals surface area contributed by atoms with Gasteiger partial charge in [-0.25, -0.2) is 15.0 Å². The predicted molar refractivity (Wildman–Crippen MR) is 213 cm³/mol. The highest BCUT2D eigenvalue weighted by Crippen LogP contribution is 2.56. The summed E-state index contributed by atoms with van der Waals surface area (Å²) in [5.41, 5.74) is -0.228. The third-order valence-corrected chi connectivity index (χ3v) is 17.3. The molecule has 3 aromatic heterocycles. The van der Waals surface area contributed by atoms with Gasteiger partial charge in [-0.1, -0.05) is 34.6 Å². The van der Waals surface area contributed by atoms with Crippen molar-refractivity contribution in [3.63, 3.8) is 0 Å². The normalized spacial score (nSPS) is 25.7. The van der Waals surface area contributed by atoms with Gasteiger partial charge in [0.15, 0.2) is 25.7 Å². The maximum Gasteiger partial charge on any atom is 0.695 e. The number of rotatable bonds is 19. The zero-order chi connectivity index (χ0) is 40.8. The van der Waals surface area contributed by atoms with Gasteiger partial charge in [0.2, 0.25) is 5.95 Å². The molecule has 9 atom stereocenters. The van der Waals surface area contributed by atoms with Gasteiger partial charge in [0.1, 0.15) is 36.6 Å². The Bertz CT molecular complexity index is 1950. The zero-order valence-corrected chi connectivity index (χ0v) is 36.1. The molecule has 19 nitrogen and oxygen atoms in total. The number of aromatic nitrogens is 6. The first-order valence-corrected chi connectivity index (χ1v) is 25.0. The Hall–Kier alpha value is -2.83. The fourth-order valence-electron chi connectivity index (χ4n) is 6.19. The number of fused-ring (bicyclic) bond motifs is 1. The number of imidazole rings is 1. The van der Waals surface area contributed by atoms with E-state index in [4.69, 9.17) is 39.1 Å². The first-order chi connectivity index (χ1) is 26.4. The van der Waals surface area contributed by atoms with E-state index in [0.29, 0.717) is 25.2 Å². The Labute approximate surface area is 332 Å². The van der Waals surface area contributed by atoms with Crippen LogP contribution >= 0.6 is 15.0 Å². The maximum atomic E-state index is 13.2. The zero-order valence-electron chi connectivity index (χ0n) is 32.5. The molecule has 56 heavy (non-hydrogen) atoms.